The SMILES string of the molecule is C#CCOc1cc(-n2nc3n(c2=O)CCCC3)c(Cl)cc1Cl.CCNc1nc(Cl)nc(NC(C)C)n1. The first-order valence-electron chi connectivity index (χ1n) is 11.4. The van der Waals surface area contributed by atoms with Gasteiger partial charge in [-0.3, -0.25) is 4.57 Å². The number of benzene rings is 1. The highest BCUT2D eigenvalue weighted by Crippen LogP contribution is 2.32. The van der Waals surface area contributed by atoms with Gasteiger partial charge < -0.3 is 15.4 Å². The maximum absolute atomic E-state index is 12.5. The summed E-state index contributed by atoms with van der Waals surface area (Å²) in [5, 5.41) is 11.3. The summed E-state index contributed by atoms with van der Waals surface area (Å²) in [7, 11) is 0. The molecule has 0 atom stereocenters. The smallest absolute Gasteiger partial charge is 0.350 e. The van der Waals surface area contributed by atoms with Crippen molar-refractivity contribution in [1.82, 2.24) is 29.3 Å². The summed E-state index contributed by atoms with van der Waals surface area (Å²) in [6.07, 6.45) is 7.97. The largest absolute Gasteiger partial charge is 0.479 e. The van der Waals surface area contributed by atoms with Crippen molar-refractivity contribution in [1.29, 1.82) is 0 Å². The van der Waals surface area contributed by atoms with E-state index in [1.165, 1.54) is 10.7 Å². The van der Waals surface area contributed by atoms with E-state index in [0.717, 1.165) is 31.6 Å². The molecular weight excluding hydrogens is 527 g/mol. The Bertz CT molecular complexity index is 1300. The lowest BCUT2D eigenvalue weighted by molar-refractivity contribution is 0.370. The van der Waals surface area contributed by atoms with Gasteiger partial charge in [-0.25, -0.2) is 4.79 Å². The van der Waals surface area contributed by atoms with Crippen LogP contribution < -0.4 is 21.1 Å². The van der Waals surface area contributed by atoms with Gasteiger partial charge in [-0.05, 0) is 51.3 Å². The number of aromatic nitrogens is 6. The van der Waals surface area contributed by atoms with Gasteiger partial charge in [-0.1, -0.05) is 29.1 Å². The minimum atomic E-state index is -0.207. The predicted molar refractivity (Wildman–Crippen MR) is 143 cm³/mol. The Kier molecular flexibility index (Phi) is 9.81. The number of hydrogen-bond acceptors (Lipinski definition) is 8. The number of nitrogens with one attached hydrogen (secondary N) is 2. The zero-order valence-corrected chi connectivity index (χ0v) is 22.5. The minimum Gasteiger partial charge on any atom is -0.479 e. The van der Waals surface area contributed by atoms with Gasteiger partial charge in [0, 0.05) is 31.6 Å². The van der Waals surface area contributed by atoms with Gasteiger partial charge in [0.15, 0.2) is 0 Å². The van der Waals surface area contributed by atoms with E-state index in [0.29, 0.717) is 39.9 Å². The van der Waals surface area contributed by atoms with E-state index in [1.807, 2.05) is 20.8 Å². The number of terminal acetylenes is 1. The molecule has 4 rings (SSSR count). The topological polar surface area (TPSA) is 112 Å². The number of hydrogen-bond donors (Lipinski definition) is 2. The molecule has 0 spiro atoms. The zero-order valence-electron chi connectivity index (χ0n) is 20.2. The molecule has 192 valence electrons. The fourth-order valence-corrected chi connectivity index (χ4v) is 4.06. The fraction of sp³-hybridized carbons (Fsp3) is 0.435. The molecule has 2 aromatic heterocycles. The first-order chi connectivity index (χ1) is 17.2. The molecule has 0 radical (unpaired) electrons. The average molecular weight is 554 g/mol. The van der Waals surface area contributed by atoms with Crippen LogP contribution in [0.4, 0.5) is 11.9 Å². The van der Waals surface area contributed by atoms with Crippen LogP contribution in [0.2, 0.25) is 15.3 Å². The van der Waals surface area contributed by atoms with Crippen LogP contribution in [0.3, 0.4) is 0 Å². The first-order valence-corrected chi connectivity index (χ1v) is 12.5. The molecule has 36 heavy (non-hydrogen) atoms. The molecule has 2 N–H and O–H groups in total. The third-order valence-corrected chi connectivity index (χ3v) is 5.64. The molecule has 13 heteroatoms. The van der Waals surface area contributed by atoms with E-state index in [2.05, 4.69) is 36.6 Å². The second-order valence-electron chi connectivity index (χ2n) is 8.03. The Morgan fingerprint density at radius 3 is 2.56 bits per heavy atom. The van der Waals surface area contributed by atoms with Gasteiger partial charge >= 0.3 is 5.69 Å². The predicted octanol–water partition coefficient (Wildman–Crippen LogP) is 4.47. The summed E-state index contributed by atoms with van der Waals surface area (Å²) in [5.74, 6) is 4.50. The second-order valence-corrected chi connectivity index (χ2v) is 9.18. The average Bonchev–Trinajstić information content (AvgIpc) is 3.15. The number of nitrogens with zero attached hydrogens (tertiary/aromatic N) is 6. The van der Waals surface area contributed by atoms with Crippen molar-refractivity contribution in [3.8, 4) is 23.8 Å². The Balaban J connectivity index is 0.000000223. The third-order valence-electron chi connectivity index (χ3n) is 4.87. The van der Waals surface area contributed by atoms with E-state index in [4.69, 9.17) is 46.0 Å². The van der Waals surface area contributed by atoms with Gasteiger partial charge in [0.25, 0.3) is 0 Å². The van der Waals surface area contributed by atoms with Crippen LogP contribution in [0.25, 0.3) is 5.69 Å². The van der Waals surface area contributed by atoms with Crippen LogP contribution in [0, 0.1) is 12.3 Å². The molecule has 0 amide bonds. The molecule has 3 heterocycles. The van der Waals surface area contributed by atoms with E-state index in [9.17, 15) is 4.79 Å². The number of aryl methyl sites for hydroxylation is 1. The minimum absolute atomic E-state index is 0.0788. The van der Waals surface area contributed by atoms with Crippen molar-refractivity contribution in [3.63, 3.8) is 0 Å². The van der Waals surface area contributed by atoms with Crippen molar-refractivity contribution in [3.05, 3.63) is 43.8 Å². The second kappa shape index (κ2) is 12.8. The lowest BCUT2D eigenvalue weighted by Gasteiger charge is -2.09. The van der Waals surface area contributed by atoms with Gasteiger partial charge in [0.1, 0.15) is 18.2 Å². The first kappa shape index (κ1) is 27.6. The van der Waals surface area contributed by atoms with Crippen LogP contribution in [-0.4, -0.2) is 48.5 Å². The molecule has 0 fully saturated rings. The summed E-state index contributed by atoms with van der Waals surface area (Å²) in [6, 6.07) is 3.38. The molecule has 1 aliphatic rings. The van der Waals surface area contributed by atoms with Crippen molar-refractivity contribution < 1.29 is 4.74 Å². The monoisotopic (exact) mass is 552 g/mol. The van der Waals surface area contributed by atoms with E-state index in [-0.39, 0.29) is 23.6 Å². The number of fused-ring (bicyclic) bond motifs is 1. The molecule has 0 saturated carbocycles. The highest BCUT2D eigenvalue weighted by atomic mass is 35.5. The molecule has 10 nitrogen and oxygen atoms in total. The lowest BCUT2D eigenvalue weighted by Crippen LogP contribution is -2.26. The lowest BCUT2D eigenvalue weighted by atomic mass is 10.2. The molecule has 1 aliphatic heterocycles. The van der Waals surface area contributed by atoms with Crippen LogP contribution in [-0.2, 0) is 13.0 Å². The number of rotatable bonds is 7. The quantitative estimate of drug-likeness (QED) is 0.412. The molecule has 0 unspecified atom stereocenters. The van der Waals surface area contributed by atoms with E-state index >= 15 is 0 Å². The summed E-state index contributed by atoms with van der Waals surface area (Å²) in [6.45, 7) is 7.49. The highest BCUT2D eigenvalue weighted by Gasteiger charge is 2.20. The van der Waals surface area contributed by atoms with Crippen LogP contribution >= 0.6 is 34.8 Å². The van der Waals surface area contributed by atoms with Crippen molar-refractivity contribution in [2.24, 2.45) is 0 Å². The molecule has 0 aliphatic carbocycles. The number of ether oxygens (including phenoxy) is 1. The van der Waals surface area contributed by atoms with Crippen molar-refractivity contribution >= 4 is 46.7 Å². The highest BCUT2D eigenvalue weighted by molar-refractivity contribution is 6.36. The summed E-state index contributed by atoms with van der Waals surface area (Å²) < 4.78 is 8.34. The molecule has 0 bridgehead atoms. The van der Waals surface area contributed by atoms with Gasteiger partial charge in [0.2, 0.25) is 17.2 Å². The molecule has 1 aromatic carbocycles. The summed E-state index contributed by atoms with van der Waals surface area (Å²) in [5.41, 5.74) is 0.229. The van der Waals surface area contributed by atoms with Crippen LogP contribution in [0.5, 0.6) is 5.75 Å². The standard InChI is InChI=1S/C15H13Cl2N3O2.C8H14ClN5/c1-2-7-22-13-9-12(10(16)8-11(13)17)20-15(21)19-6-4-3-5-14(19)18-20;1-4-10-7-12-6(9)13-8(14-7)11-5(2)3/h1,8-9H,3-7H2;5H,4H2,1-3H3,(H2,10,11,12,13,14). The van der Waals surface area contributed by atoms with E-state index < -0.39 is 0 Å². The number of halogens is 3. The van der Waals surface area contributed by atoms with Gasteiger partial charge in [0.05, 0.1) is 15.7 Å². The maximum atomic E-state index is 12.5. The Morgan fingerprint density at radius 2 is 1.89 bits per heavy atom. The Hall–Kier alpha value is -3.00. The Morgan fingerprint density at radius 1 is 1.14 bits per heavy atom. The summed E-state index contributed by atoms with van der Waals surface area (Å²) >= 11 is 18.0. The molecule has 3 aromatic rings. The Labute approximate surface area is 224 Å². The molecule has 0 saturated heterocycles. The normalized spacial score (nSPS) is 12.3. The summed E-state index contributed by atoms with van der Waals surface area (Å²) in [4.78, 5) is 24.5. The molecular formula is C23H27Cl3N8O2. The van der Waals surface area contributed by atoms with Crippen LogP contribution in [0.15, 0.2) is 16.9 Å². The van der Waals surface area contributed by atoms with Crippen molar-refractivity contribution in [2.45, 2.75) is 52.6 Å². The van der Waals surface area contributed by atoms with Crippen LogP contribution in [0.1, 0.15) is 39.4 Å². The van der Waals surface area contributed by atoms with Gasteiger partial charge in [-0.15, -0.1) is 11.5 Å². The third kappa shape index (κ3) is 7.03. The fourth-order valence-electron chi connectivity index (χ4n) is 3.38. The van der Waals surface area contributed by atoms with E-state index in [1.54, 1.807) is 10.6 Å². The van der Waals surface area contributed by atoms with Gasteiger partial charge in [-0.2, -0.15) is 19.6 Å². The van der Waals surface area contributed by atoms with Crippen molar-refractivity contribution in [2.75, 3.05) is 23.8 Å². The maximum Gasteiger partial charge on any atom is 0.350 e. The zero-order chi connectivity index (χ0) is 26.2. The number of anilines is 2.